The van der Waals surface area contributed by atoms with Crippen molar-refractivity contribution in [3.8, 4) is 5.75 Å². The third kappa shape index (κ3) is 3.59. The van der Waals surface area contributed by atoms with Gasteiger partial charge in [-0.05, 0) is 44.1 Å². The molecule has 1 fully saturated rings. The maximum absolute atomic E-state index is 5.99. The number of benzene rings is 1. The van der Waals surface area contributed by atoms with Gasteiger partial charge in [-0.2, -0.15) is 0 Å². The van der Waals surface area contributed by atoms with Gasteiger partial charge in [-0.1, -0.05) is 13.8 Å². The van der Waals surface area contributed by atoms with Crippen LogP contribution in [-0.2, 0) is 0 Å². The van der Waals surface area contributed by atoms with Crippen molar-refractivity contribution in [2.45, 2.75) is 52.5 Å². The Labute approximate surface area is 123 Å². The Morgan fingerprint density at radius 1 is 1.25 bits per heavy atom. The minimum absolute atomic E-state index is 0.504. The summed E-state index contributed by atoms with van der Waals surface area (Å²) >= 11 is 0. The molecule has 1 aliphatic rings. The Kier molecular flexibility index (Phi) is 4.46. The molecule has 0 amide bonds. The molecule has 0 radical (unpaired) electrons. The highest BCUT2D eigenvalue weighted by atomic mass is 16.5. The average molecular weight is 276 g/mol. The largest absolute Gasteiger partial charge is 0.494 e. The Morgan fingerprint density at radius 2 is 1.90 bits per heavy atom. The zero-order chi connectivity index (χ0) is 14.8. The van der Waals surface area contributed by atoms with E-state index in [2.05, 4.69) is 31.9 Å². The normalized spacial score (nSPS) is 18.8. The highest BCUT2D eigenvalue weighted by Crippen LogP contribution is 2.38. The molecule has 3 heteroatoms. The maximum atomic E-state index is 5.99. The van der Waals surface area contributed by atoms with Gasteiger partial charge in [0.2, 0.25) is 0 Å². The van der Waals surface area contributed by atoms with Crippen LogP contribution in [0, 0.1) is 5.41 Å². The van der Waals surface area contributed by atoms with Gasteiger partial charge in [0.1, 0.15) is 5.75 Å². The summed E-state index contributed by atoms with van der Waals surface area (Å²) < 4.78 is 5.59. The number of ether oxygens (including phenoxy) is 1. The number of nitrogens with zero attached hydrogens (tertiary/aromatic N) is 1. The summed E-state index contributed by atoms with van der Waals surface area (Å²) in [6, 6.07) is 6.64. The van der Waals surface area contributed by atoms with Crippen molar-refractivity contribution in [1.82, 2.24) is 0 Å². The highest BCUT2D eigenvalue weighted by molar-refractivity contribution is 5.60. The summed E-state index contributed by atoms with van der Waals surface area (Å²) in [7, 11) is 2.17. The Morgan fingerprint density at radius 3 is 2.50 bits per heavy atom. The minimum Gasteiger partial charge on any atom is -0.494 e. The molecule has 0 aromatic heterocycles. The zero-order valence-corrected chi connectivity index (χ0v) is 13.3. The molecule has 2 rings (SSSR count). The fourth-order valence-corrected chi connectivity index (χ4v) is 3.04. The molecule has 1 aliphatic carbocycles. The van der Waals surface area contributed by atoms with E-state index in [-0.39, 0.29) is 0 Å². The summed E-state index contributed by atoms with van der Waals surface area (Å²) in [5.41, 5.74) is 8.43. The fraction of sp³-hybridized carbons (Fsp3) is 0.647. The molecular weight excluding hydrogens is 248 g/mol. The van der Waals surface area contributed by atoms with Gasteiger partial charge in [-0.3, -0.25) is 0 Å². The van der Waals surface area contributed by atoms with Crippen LogP contribution in [-0.4, -0.2) is 19.7 Å². The number of nitrogen functional groups attached to an aromatic ring is 1. The van der Waals surface area contributed by atoms with E-state index in [0.29, 0.717) is 18.1 Å². The first-order valence-electron chi connectivity index (χ1n) is 7.67. The molecule has 1 aromatic rings. The summed E-state index contributed by atoms with van der Waals surface area (Å²) in [6.07, 6.45) is 5.09. The number of nitrogens with two attached hydrogens (primary N) is 1. The molecule has 0 unspecified atom stereocenters. The van der Waals surface area contributed by atoms with E-state index in [1.54, 1.807) is 0 Å². The Hall–Kier alpha value is -1.38. The van der Waals surface area contributed by atoms with Crippen molar-refractivity contribution in [2.75, 3.05) is 24.3 Å². The Bertz CT molecular complexity index is 446. The molecule has 0 heterocycles. The molecule has 2 N–H and O–H groups in total. The SMILES string of the molecule is CCOc1cc(N)cc(N(C)C2CCC(C)(C)CC2)c1. The fourth-order valence-electron chi connectivity index (χ4n) is 3.04. The standard InChI is InChI=1S/C17H28N2O/c1-5-20-16-11-13(18)10-15(12-16)19(4)14-6-8-17(2,3)9-7-14/h10-12,14H,5-9,18H2,1-4H3. The van der Waals surface area contributed by atoms with Crippen LogP contribution >= 0.6 is 0 Å². The van der Waals surface area contributed by atoms with Gasteiger partial charge in [0, 0.05) is 36.6 Å². The monoisotopic (exact) mass is 276 g/mol. The summed E-state index contributed by atoms with van der Waals surface area (Å²) in [6.45, 7) is 7.41. The second-order valence-electron chi connectivity index (χ2n) is 6.70. The van der Waals surface area contributed by atoms with Gasteiger partial charge in [0.05, 0.1) is 6.61 Å². The third-order valence-electron chi connectivity index (χ3n) is 4.49. The van der Waals surface area contributed by atoms with Crippen LogP contribution in [0.15, 0.2) is 18.2 Å². The zero-order valence-electron chi connectivity index (χ0n) is 13.3. The lowest BCUT2D eigenvalue weighted by atomic mass is 9.75. The van der Waals surface area contributed by atoms with Crippen LogP contribution in [0.3, 0.4) is 0 Å². The van der Waals surface area contributed by atoms with Gasteiger partial charge >= 0.3 is 0 Å². The molecule has 20 heavy (non-hydrogen) atoms. The van der Waals surface area contributed by atoms with E-state index in [1.165, 1.54) is 25.7 Å². The van der Waals surface area contributed by atoms with E-state index >= 15 is 0 Å². The number of hydrogen-bond acceptors (Lipinski definition) is 3. The third-order valence-corrected chi connectivity index (χ3v) is 4.49. The number of hydrogen-bond donors (Lipinski definition) is 1. The Balaban J connectivity index is 2.11. The molecule has 0 bridgehead atoms. The van der Waals surface area contributed by atoms with Crippen molar-refractivity contribution in [2.24, 2.45) is 5.41 Å². The smallest absolute Gasteiger partial charge is 0.123 e. The van der Waals surface area contributed by atoms with Crippen molar-refractivity contribution in [3.05, 3.63) is 18.2 Å². The summed E-state index contributed by atoms with van der Waals surface area (Å²) in [4.78, 5) is 2.37. The number of rotatable bonds is 4. The van der Waals surface area contributed by atoms with Crippen molar-refractivity contribution < 1.29 is 4.74 Å². The molecular formula is C17H28N2O. The second kappa shape index (κ2) is 5.94. The minimum atomic E-state index is 0.504. The lowest BCUT2D eigenvalue weighted by Crippen LogP contribution is -2.37. The molecule has 0 aliphatic heterocycles. The maximum Gasteiger partial charge on any atom is 0.123 e. The molecule has 3 nitrogen and oxygen atoms in total. The predicted octanol–water partition coefficient (Wildman–Crippen LogP) is 4.07. The first-order valence-corrected chi connectivity index (χ1v) is 7.67. The van der Waals surface area contributed by atoms with E-state index in [1.807, 2.05) is 19.1 Å². The molecule has 0 spiro atoms. The van der Waals surface area contributed by atoms with Crippen molar-refractivity contribution in [3.63, 3.8) is 0 Å². The first kappa shape index (κ1) is 15.0. The van der Waals surface area contributed by atoms with E-state index in [0.717, 1.165) is 17.1 Å². The predicted molar refractivity (Wildman–Crippen MR) is 86.5 cm³/mol. The van der Waals surface area contributed by atoms with E-state index < -0.39 is 0 Å². The van der Waals surface area contributed by atoms with Crippen molar-refractivity contribution >= 4 is 11.4 Å². The molecule has 0 saturated heterocycles. The van der Waals surface area contributed by atoms with E-state index in [9.17, 15) is 0 Å². The molecule has 0 atom stereocenters. The second-order valence-corrected chi connectivity index (χ2v) is 6.70. The first-order chi connectivity index (χ1) is 9.41. The summed E-state index contributed by atoms with van der Waals surface area (Å²) in [5, 5.41) is 0. The van der Waals surface area contributed by atoms with Crippen LogP contribution in [0.1, 0.15) is 46.5 Å². The number of anilines is 2. The van der Waals surface area contributed by atoms with Gasteiger partial charge < -0.3 is 15.4 Å². The van der Waals surface area contributed by atoms with Crippen LogP contribution in [0.5, 0.6) is 5.75 Å². The highest BCUT2D eigenvalue weighted by Gasteiger charge is 2.29. The molecule has 1 aromatic carbocycles. The van der Waals surface area contributed by atoms with Gasteiger partial charge in [0.15, 0.2) is 0 Å². The van der Waals surface area contributed by atoms with Crippen molar-refractivity contribution in [1.29, 1.82) is 0 Å². The molecule has 112 valence electrons. The lowest BCUT2D eigenvalue weighted by molar-refractivity contribution is 0.222. The van der Waals surface area contributed by atoms with Crippen LogP contribution in [0.2, 0.25) is 0 Å². The topological polar surface area (TPSA) is 38.5 Å². The van der Waals surface area contributed by atoms with Crippen LogP contribution < -0.4 is 15.4 Å². The molecule has 1 saturated carbocycles. The van der Waals surface area contributed by atoms with Crippen LogP contribution in [0.25, 0.3) is 0 Å². The van der Waals surface area contributed by atoms with Gasteiger partial charge in [-0.15, -0.1) is 0 Å². The van der Waals surface area contributed by atoms with E-state index in [4.69, 9.17) is 10.5 Å². The average Bonchev–Trinajstić information content (AvgIpc) is 2.37. The summed E-state index contributed by atoms with van der Waals surface area (Å²) in [5.74, 6) is 0.866. The lowest BCUT2D eigenvalue weighted by Gasteiger charge is -2.39. The van der Waals surface area contributed by atoms with Gasteiger partial charge in [0.25, 0.3) is 0 Å². The van der Waals surface area contributed by atoms with Crippen LogP contribution in [0.4, 0.5) is 11.4 Å². The quantitative estimate of drug-likeness (QED) is 0.842. The van der Waals surface area contributed by atoms with Gasteiger partial charge in [-0.25, -0.2) is 0 Å².